The highest BCUT2D eigenvalue weighted by molar-refractivity contribution is 8.23. The average molecular weight is 521 g/mol. The van der Waals surface area contributed by atoms with E-state index in [0.29, 0.717) is 0 Å². The summed E-state index contributed by atoms with van der Waals surface area (Å²) in [4.78, 5) is 14.1. The molecule has 34 heavy (non-hydrogen) atoms. The van der Waals surface area contributed by atoms with Crippen molar-refractivity contribution in [3.05, 3.63) is 48.1 Å². The van der Waals surface area contributed by atoms with Gasteiger partial charge in [0.2, 0.25) is 0 Å². The molecule has 186 valence electrons. The number of carbonyl (C=O) groups excluding carboxylic acids is 1. The van der Waals surface area contributed by atoms with Crippen LogP contribution in [0.1, 0.15) is 94.4 Å². The summed E-state index contributed by atoms with van der Waals surface area (Å²) in [5.74, 6) is 0. The molecule has 0 unspecified atom stereocenters. The predicted octanol–water partition coefficient (Wildman–Crippen LogP) is 8.06. The smallest absolute Gasteiger partial charge is 0.329 e. The van der Waals surface area contributed by atoms with Gasteiger partial charge in [0.05, 0.1) is 9.84 Å². The molecular weight excluding hydrogens is 484 g/mol. The standard InChI is InChI=1S/C27H37ClN2O2S2/c1-4-17(3)25(33-22(5-2)27(32)15-7-6-8-16-27)34-30-26(31)29-24-20-13-9-11-18(20)23(28)19-12-10-14-21(19)24/h5,32H,4,6-16H2,1-3H3,(H2,29,30,31)/b22-5-,25-17-. The fraction of sp³-hybridized carbons (Fsp3) is 0.593. The van der Waals surface area contributed by atoms with Gasteiger partial charge in [-0.05, 0) is 106 Å². The Labute approximate surface area is 217 Å². The molecule has 0 saturated heterocycles. The molecule has 0 aromatic heterocycles. The topological polar surface area (TPSA) is 61.4 Å². The van der Waals surface area contributed by atoms with Crippen molar-refractivity contribution < 1.29 is 9.90 Å². The molecule has 3 aliphatic carbocycles. The Hall–Kier alpha value is -1.08. The summed E-state index contributed by atoms with van der Waals surface area (Å²) in [6, 6.07) is -0.198. The number of hydrogen-bond acceptors (Lipinski definition) is 4. The zero-order valence-electron chi connectivity index (χ0n) is 20.6. The second-order valence-electron chi connectivity index (χ2n) is 9.74. The zero-order valence-corrected chi connectivity index (χ0v) is 23.0. The van der Waals surface area contributed by atoms with E-state index < -0.39 is 5.60 Å². The van der Waals surface area contributed by atoms with Gasteiger partial charge in [-0.3, -0.25) is 4.72 Å². The first kappa shape index (κ1) is 26.0. The number of thioether (sulfide) groups is 1. The minimum atomic E-state index is -0.746. The van der Waals surface area contributed by atoms with Crippen LogP contribution in [-0.2, 0) is 25.7 Å². The normalized spacial score (nSPS) is 20.0. The van der Waals surface area contributed by atoms with Crippen LogP contribution in [-0.4, -0.2) is 16.7 Å². The van der Waals surface area contributed by atoms with Crippen LogP contribution in [0.3, 0.4) is 0 Å². The number of carbonyl (C=O) groups is 1. The van der Waals surface area contributed by atoms with Gasteiger partial charge in [-0.25, -0.2) is 4.79 Å². The Morgan fingerprint density at radius 1 is 1.03 bits per heavy atom. The quantitative estimate of drug-likeness (QED) is 0.318. The van der Waals surface area contributed by atoms with Crippen LogP contribution in [0, 0.1) is 0 Å². The molecule has 1 aromatic rings. The van der Waals surface area contributed by atoms with Crippen molar-refractivity contribution in [2.24, 2.45) is 0 Å². The lowest BCUT2D eigenvalue weighted by atomic mass is 9.84. The number of anilines is 1. The van der Waals surface area contributed by atoms with Crippen LogP contribution in [0.25, 0.3) is 0 Å². The van der Waals surface area contributed by atoms with E-state index in [2.05, 4.69) is 23.9 Å². The number of halogens is 1. The van der Waals surface area contributed by atoms with E-state index >= 15 is 0 Å². The third kappa shape index (κ3) is 5.35. The van der Waals surface area contributed by atoms with Crippen molar-refractivity contribution in [3.8, 4) is 0 Å². The van der Waals surface area contributed by atoms with Gasteiger partial charge in [-0.15, -0.1) is 0 Å². The van der Waals surface area contributed by atoms with Crippen molar-refractivity contribution in [1.29, 1.82) is 0 Å². The maximum Gasteiger partial charge on any atom is 0.329 e. The van der Waals surface area contributed by atoms with Crippen LogP contribution < -0.4 is 10.0 Å². The molecular formula is C27H37ClN2O2S2. The fourth-order valence-corrected chi connectivity index (χ4v) is 8.08. The second-order valence-corrected chi connectivity index (χ2v) is 12.2. The number of nitrogens with one attached hydrogen (secondary N) is 2. The summed E-state index contributed by atoms with van der Waals surface area (Å²) in [6.07, 6.45) is 14.0. The average Bonchev–Trinajstić information content (AvgIpc) is 3.52. The summed E-state index contributed by atoms with van der Waals surface area (Å²) >= 11 is 9.70. The molecule has 0 aliphatic heterocycles. The number of fused-ring (bicyclic) bond motifs is 2. The van der Waals surface area contributed by atoms with Crippen molar-refractivity contribution >= 4 is 47.0 Å². The lowest BCUT2D eigenvalue weighted by Crippen LogP contribution is -2.32. The molecule has 7 heteroatoms. The Morgan fingerprint density at radius 3 is 2.18 bits per heavy atom. The van der Waals surface area contributed by atoms with E-state index in [1.807, 2.05) is 13.0 Å². The van der Waals surface area contributed by atoms with E-state index in [1.165, 1.54) is 46.2 Å². The van der Waals surface area contributed by atoms with Gasteiger partial charge in [0.25, 0.3) is 0 Å². The number of aliphatic hydroxyl groups is 1. The van der Waals surface area contributed by atoms with E-state index in [0.717, 1.165) is 90.5 Å². The van der Waals surface area contributed by atoms with Gasteiger partial charge >= 0.3 is 6.03 Å². The summed E-state index contributed by atoms with van der Waals surface area (Å²) in [6.45, 7) is 6.23. The molecule has 3 N–H and O–H groups in total. The molecule has 0 spiro atoms. The fourth-order valence-electron chi connectivity index (χ4n) is 5.52. The van der Waals surface area contributed by atoms with Crippen LogP contribution in [0.15, 0.2) is 20.8 Å². The summed E-state index contributed by atoms with van der Waals surface area (Å²) in [5.41, 5.74) is 6.40. The highest BCUT2D eigenvalue weighted by Crippen LogP contribution is 2.46. The third-order valence-corrected chi connectivity index (χ3v) is 10.7. The van der Waals surface area contributed by atoms with Crippen molar-refractivity contribution in [1.82, 2.24) is 4.72 Å². The minimum Gasteiger partial charge on any atom is -0.385 e. The second kappa shape index (κ2) is 11.3. The highest BCUT2D eigenvalue weighted by Gasteiger charge is 2.34. The molecule has 1 aromatic carbocycles. The van der Waals surface area contributed by atoms with E-state index in [4.69, 9.17) is 11.6 Å². The molecule has 3 aliphatic rings. The Balaban J connectivity index is 1.47. The lowest BCUT2D eigenvalue weighted by molar-refractivity contribution is 0.0476. The van der Waals surface area contributed by atoms with Gasteiger partial charge in [-0.2, -0.15) is 0 Å². The van der Waals surface area contributed by atoms with Gasteiger partial charge in [0, 0.05) is 15.6 Å². The molecule has 4 nitrogen and oxygen atoms in total. The first-order valence-corrected chi connectivity index (χ1v) is 14.7. The van der Waals surface area contributed by atoms with Crippen LogP contribution in [0.5, 0.6) is 0 Å². The summed E-state index contributed by atoms with van der Waals surface area (Å²) < 4.78 is 4.07. The van der Waals surface area contributed by atoms with Crippen LogP contribution >= 0.6 is 35.3 Å². The highest BCUT2D eigenvalue weighted by atomic mass is 35.5. The maximum absolute atomic E-state index is 13.1. The molecule has 0 heterocycles. The minimum absolute atomic E-state index is 0.198. The van der Waals surface area contributed by atoms with E-state index in [1.54, 1.807) is 11.8 Å². The van der Waals surface area contributed by atoms with Crippen LogP contribution in [0.2, 0.25) is 5.02 Å². The molecule has 4 rings (SSSR count). The monoisotopic (exact) mass is 520 g/mol. The van der Waals surface area contributed by atoms with Gasteiger partial charge in [0.1, 0.15) is 0 Å². The summed E-state index contributed by atoms with van der Waals surface area (Å²) in [7, 11) is 0. The van der Waals surface area contributed by atoms with E-state index in [9.17, 15) is 9.90 Å². The molecule has 0 bridgehead atoms. The summed E-state index contributed by atoms with van der Waals surface area (Å²) in [5, 5.41) is 15.4. The van der Waals surface area contributed by atoms with Crippen molar-refractivity contribution in [3.63, 3.8) is 0 Å². The molecule has 0 atom stereocenters. The maximum atomic E-state index is 13.1. The van der Waals surface area contributed by atoms with E-state index in [-0.39, 0.29) is 6.03 Å². The van der Waals surface area contributed by atoms with Crippen molar-refractivity contribution in [2.75, 3.05) is 5.32 Å². The predicted molar refractivity (Wildman–Crippen MR) is 148 cm³/mol. The molecule has 1 saturated carbocycles. The number of urea groups is 1. The third-order valence-electron chi connectivity index (χ3n) is 7.53. The number of hydrogen-bond donors (Lipinski definition) is 3. The Kier molecular flexibility index (Phi) is 8.66. The largest absolute Gasteiger partial charge is 0.385 e. The van der Waals surface area contributed by atoms with Crippen LogP contribution in [0.4, 0.5) is 10.5 Å². The van der Waals surface area contributed by atoms with Crippen molar-refractivity contribution in [2.45, 2.75) is 103 Å². The number of amides is 2. The van der Waals surface area contributed by atoms with Gasteiger partial charge in [0.15, 0.2) is 0 Å². The molecule has 2 amide bonds. The number of rotatable bonds is 7. The molecule has 0 radical (unpaired) electrons. The first-order valence-electron chi connectivity index (χ1n) is 12.7. The van der Waals surface area contributed by atoms with Gasteiger partial charge in [-0.1, -0.05) is 61.2 Å². The zero-order chi connectivity index (χ0) is 24.3. The van der Waals surface area contributed by atoms with Gasteiger partial charge < -0.3 is 10.4 Å². The number of allylic oxidation sites excluding steroid dienone is 2. The number of benzene rings is 1. The SMILES string of the molecule is C/C=C(\S/C(SNC(=O)Nc1c2c(c(Cl)c3c1CCC3)CCC2)=C(\C)CC)C1(O)CCCCC1. The lowest BCUT2D eigenvalue weighted by Gasteiger charge is -2.34. The molecule has 1 fully saturated rings. The first-order chi connectivity index (χ1) is 16.4. The Bertz CT molecular complexity index is 977. The Morgan fingerprint density at radius 2 is 1.62 bits per heavy atom.